The van der Waals surface area contributed by atoms with Crippen LogP contribution in [0.15, 0.2) is 30.3 Å². The number of rotatable bonds is 8. The van der Waals surface area contributed by atoms with Crippen molar-refractivity contribution in [2.24, 2.45) is 0 Å². The molecule has 0 radical (unpaired) electrons. The summed E-state index contributed by atoms with van der Waals surface area (Å²) in [6.45, 7) is 2.70. The third-order valence-corrected chi connectivity index (χ3v) is 7.89. The Morgan fingerprint density at radius 1 is 1.00 bits per heavy atom. The van der Waals surface area contributed by atoms with Gasteiger partial charge in [-0.1, -0.05) is 49.6 Å². The van der Waals surface area contributed by atoms with Gasteiger partial charge in [0.15, 0.2) is 5.78 Å². The number of sulfonamides is 1. The number of piperidine rings is 1. The maximum absolute atomic E-state index is 12.6. The van der Waals surface area contributed by atoms with Crippen molar-refractivity contribution in [3.63, 3.8) is 0 Å². The summed E-state index contributed by atoms with van der Waals surface area (Å²) in [7, 11) is -3.17. The molecule has 1 aliphatic carbocycles. The van der Waals surface area contributed by atoms with Crippen molar-refractivity contribution in [2.45, 2.75) is 69.1 Å². The highest BCUT2D eigenvalue weighted by atomic mass is 32.2. The van der Waals surface area contributed by atoms with Crippen LogP contribution in [-0.4, -0.2) is 50.0 Å². The van der Waals surface area contributed by atoms with E-state index in [1.54, 1.807) is 0 Å². The Morgan fingerprint density at radius 2 is 1.67 bits per heavy atom. The van der Waals surface area contributed by atoms with Crippen LogP contribution in [0.1, 0.15) is 68.1 Å². The summed E-state index contributed by atoms with van der Waals surface area (Å²) in [4.78, 5) is 14.5. The second kappa shape index (κ2) is 9.80. The number of nitrogens with zero attached hydrogens (tertiary/aromatic N) is 1. The van der Waals surface area contributed by atoms with E-state index in [0.29, 0.717) is 6.42 Å². The van der Waals surface area contributed by atoms with Crippen LogP contribution in [0, 0.1) is 0 Å². The molecule has 27 heavy (non-hydrogen) atoms. The topological polar surface area (TPSA) is 66.5 Å². The van der Waals surface area contributed by atoms with E-state index < -0.39 is 10.0 Å². The number of ketones is 1. The Balaban J connectivity index is 1.36. The first kappa shape index (κ1) is 20.5. The molecule has 1 heterocycles. The number of nitrogens with one attached hydrogen (secondary N) is 1. The van der Waals surface area contributed by atoms with Crippen LogP contribution in [0.5, 0.6) is 0 Å². The molecule has 0 atom stereocenters. The fraction of sp³-hybridized carbons (Fsp3) is 0.667. The summed E-state index contributed by atoms with van der Waals surface area (Å²) in [5.74, 6) is 0.200. The van der Waals surface area contributed by atoms with Crippen LogP contribution in [0.3, 0.4) is 0 Å². The average molecular weight is 393 g/mol. The molecular formula is C21H32N2O3S. The fourth-order valence-corrected chi connectivity index (χ4v) is 6.06. The molecule has 6 heteroatoms. The molecule has 5 nitrogen and oxygen atoms in total. The molecule has 1 aromatic carbocycles. The van der Waals surface area contributed by atoms with Gasteiger partial charge in [0.25, 0.3) is 0 Å². The third-order valence-electron chi connectivity index (χ3n) is 5.88. The van der Waals surface area contributed by atoms with E-state index in [1.165, 1.54) is 0 Å². The first-order valence-corrected chi connectivity index (χ1v) is 11.9. The van der Waals surface area contributed by atoms with Crippen LogP contribution in [-0.2, 0) is 10.0 Å². The number of carbonyl (C=O) groups excluding carboxylic acids is 1. The lowest BCUT2D eigenvalue weighted by Gasteiger charge is -2.33. The minimum absolute atomic E-state index is 0.0686. The van der Waals surface area contributed by atoms with Gasteiger partial charge in [-0.3, -0.25) is 4.79 Å². The molecule has 0 bridgehead atoms. The SMILES string of the molecule is O=C(CCCN1CCC(NS(=O)(=O)C2CCCCC2)CC1)c1ccccc1. The number of hydrogen-bond acceptors (Lipinski definition) is 4. The minimum atomic E-state index is -3.17. The van der Waals surface area contributed by atoms with Crippen molar-refractivity contribution in [2.75, 3.05) is 19.6 Å². The molecule has 1 N–H and O–H groups in total. The maximum Gasteiger partial charge on any atom is 0.214 e. The Labute approximate surface area is 163 Å². The molecule has 0 spiro atoms. The van der Waals surface area contributed by atoms with Gasteiger partial charge in [0.2, 0.25) is 10.0 Å². The molecule has 0 aromatic heterocycles. The number of likely N-dealkylation sites (tertiary alicyclic amines) is 1. The third kappa shape index (κ3) is 6.13. The molecule has 150 valence electrons. The van der Waals surface area contributed by atoms with E-state index >= 15 is 0 Å². The Kier molecular flexibility index (Phi) is 7.44. The largest absolute Gasteiger partial charge is 0.303 e. The van der Waals surface area contributed by atoms with E-state index in [-0.39, 0.29) is 17.1 Å². The van der Waals surface area contributed by atoms with Crippen LogP contribution in [0.25, 0.3) is 0 Å². The number of hydrogen-bond donors (Lipinski definition) is 1. The lowest BCUT2D eigenvalue weighted by atomic mass is 10.0. The second-order valence-corrected chi connectivity index (χ2v) is 9.92. The summed E-state index contributed by atoms with van der Waals surface area (Å²) in [6.07, 6.45) is 7.99. The molecule has 1 saturated carbocycles. The summed E-state index contributed by atoms with van der Waals surface area (Å²) in [5.41, 5.74) is 0.785. The van der Waals surface area contributed by atoms with Crippen molar-refractivity contribution < 1.29 is 13.2 Å². The van der Waals surface area contributed by atoms with Gasteiger partial charge in [-0.2, -0.15) is 0 Å². The molecule has 1 aliphatic heterocycles. The van der Waals surface area contributed by atoms with Gasteiger partial charge in [0.05, 0.1) is 5.25 Å². The summed E-state index contributed by atoms with van der Waals surface area (Å²) in [6, 6.07) is 9.51. The van der Waals surface area contributed by atoms with Gasteiger partial charge in [-0.05, 0) is 51.7 Å². The average Bonchev–Trinajstić information content (AvgIpc) is 2.70. The quantitative estimate of drug-likeness (QED) is 0.689. The zero-order valence-electron chi connectivity index (χ0n) is 16.1. The van der Waals surface area contributed by atoms with E-state index in [1.807, 2.05) is 30.3 Å². The van der Waals surface area contributed by atoms with Gasteiger partial charge < -0.3 is 4.90 Å². The van der Waals surface area contributed by atoms with Crippen molar-refractivity contribution in [3.05, 3.63) is 35.9 Å². The standard InChI is InChI=1S/C21H32N2O3S/c24-21(18-8-3-1-4-9-18)12-7-15-23-16-13-19(14-17-23)22-27(25,26)20-10-5-2-6-11-20/h1,3-4,8-9,19-20,22H,2,5-7,10-17H2. The normalized spacial score (nSPS) is 20.6. The molecule has 3 rings (SSSR count). The highest BCUT2D eigenvalue weighted by Crippen LogP contribution is 2.24. The van der Waals surface area contributed by atoms with E-state index in [9.17, 15) is 13.2 Å². The van der Waals surface area contributed by atoms with Gasteiger partial charge in [0, 0.05) is 18.0 Å². The van der Waals surface area contributed by atoms with Gasteiger partial charge >= 0.3 is 0 Å². The van der Waals surface area contributed by atoms with E-state index in [0.717, 1.165) is 76.6 Å². The fourth-order valence-electron chi connectivity index (χ4n) is 4.21. The highest BCUT2D eigenvalue weighted by molar-refractivity contribution is 7.90. The lowest BCUT2D eigenvalue weighted by Crippen LogP contribution is -2.47. The number of Topliss-reactive ketones (excluding diaryl/α,β-unsaturated/α-hetero) is 1. The molecule has 2 aliphatic rings. The Morgan fingerprint density at radius 3 is 2.33 bits per heavy atom. The molecule has 0 amide bonds. The predicted octanol–water partition coefficient (Wildman–Crippen LogP) is 3.37. The lowest BCUT2D eigenvalue weighted by molar-refractivity contribution is 0.0972. The summed E-state index contributed by atoms with van der Waals surface area (Å²) in [5, 5.41) is -0.187. The number of carbonyl (C=O) groups is 1. The first-order valence-electron chi connectivity index (χ1n) is 10.4. The molecular weight excluding hydrogens is 360 g/mol. The van der Waals surface area contributed by atoms with Crippen LogP contribution in [0.4, 0.5) is 0 Å². The van der Waals surface area contributed by atoms with E-state index in [4.69, 9.17) is 0 Å². The van der Waals surface area contributed by atoms with Crippen LogP contribution >= 0.6 is 0 Å². The molecule has 1 saturated heterocycles. The minimum Gasteiger partial charge on any atom is -0.303 e. The number of benzene rings is 1. The maximum atomic E-state index is 12.6. The first-order chi connectivity index (χ1) is 13.0. The zero-order chi connectivity index (χ0) is 19.1. The Hall–Kier alpha value is -1.24. The van der Waals surface area contributed by atoms with Crippen molar-refractivity contribution in [1.29, 1.82) is 0 Å². The predicted molar refractivity (Wildman–Crippen MR) is 108 cm³/mol. The van der Waals surface area contributed by atoms with Crippen LogP contribution < -0.4 is 4.72 Å². The van der Waals surface area contributed by atoms with Gasteiger partial charge in [-0.15, -0.1) is 0 Å². The summed E-state index contributed by atoms with van der Waals surface area (Å²) < 4.78 is 28.1. The molecule has 0 unspecified atom stereocenters. The van der Waals surface area contributed by atoms with Crippen LogP contribution in [0.2, 0.25) is 0 Å². The Bertz CT molecular complexity index is 691. The zero-order valence-corrected chi connectivity index (χ0v) is 16.9. The van der Waals surface area contributed by atoms with Crippen molar-refractivity contribution in [3.8, 4) is 0 Å². The highest BCUT2D eigenvalue weighted by Gasteiger charge is 2.30. The van der Waals surface area contributed by atoms with Crippen molar-refractivity contribution >= 4 is 15.8 Å². The smallest absolute Gasteiger partial charge is 0.214 e. The summed E-state index contributed by atoms with van der Waals surface area (Å²) >= 11 is 0. The van der Waals surface area contributed by atoms with Gasteiger partial charge in [-0.25, -0.2) is 13.1 Å². The van der Waals surface area contributed by atoms with E-state index in [2.05, 4.69) is 9.62 Å². The molecule has 2 fully saturated rings. The molecule has 1 aromatic rings. The van der Waals surface area contributed by atoms with Gasteiger partial charge in [0.1, 0.15) is 0 Å². The second-order valence-electron chi connectivity index (χ2n) is 7.93. The van der Waals surface area contributed by atoms with Crippen molar-refractivity contribution in [1.82, 2.24) is 9.62 Å². The monoisotopic (exact) mass is 392 g/mol.